The van der Waals surface area contributed by atoms with Crippen molar-refractivity contribution in [2.45, 2.75) is 64.0 Å². The van der Waals surface area contributed by atoms with Crippen LogP contribution in [0.4, 0.5) is 0 Å². The molecule has 0 bridgehead atoms. The second kappa shape index (κ2) is 5.68. The maximum absolute atomic E-state index is 13.2. The number of ketones is 1. The van der Waals surface area contributed by atoms with Crippen molar-refractivity contribution >= 4 is 5.78 Å². The summed E-state index contributed by atoms with van der Waals surface area (Å²) in [5.41, 5.74) is 0.577. The summed E-state index contributed by atoms with van der Waals surface area (Å²) in [4.78, 5) is 15.7. The fourth-order valence-electron chi connectivity index (χ4n) is 3.98. The highest BCUT2D eigenvalue weighted by Gasteiger charge is 2.47. The van der Waals surface area contributed by atoms with Gasteiger partial charge >= 0.3 is 0 Å². The summed E-state index contributed by atoms with van der Waals surface area (Å²) >= 11 is 0. The van der Waals surface area contributed by atoms with E-state index >= 15 is 0 Å². The van der Waals surface area contributed by atoms with Gasteiger partial charge in [0, 0.05) is 12.7 Å². The number of Topliss-reactive ketones (excluding diaryl/α,β-unsaturated/α-hetero) is 1. The molecule has 1 aromatic heterocycles. The Morgan fingerprint density at radius 3 is 2.55 bits per heavy atom. The molecule has 0 radical (unpaired) electrons. The number of piperidine rings is 1. The largest absolute Gasteiger partial charge is 0.291 e. The normalized spacial score (nSPS) is 23.1. The Kier molecular flexibility index (Phi) is 3.92. The van der Waals surface area contributed by atoms with Gasteiger partial charge in [-0.15, -0.1) is 0 Å². The van der Waals surface area contributed by atoms with Gasteiger partial charge in [-0.2, -0.15) is 5.10 Å². The number of nitrogens with zero attached hydrogens (tertiary/aromatic N) is 3. The van der Waals surface area contributed by atoms with Crippen molar-refractivity contribution in [2.24, 2.45) is 0 Å². The lowest BCUT2D eigenvalue weighted by molar-refractivity contribution is 0.0467. The van der Waals surface area contributed by atoms with E-state index in [9.17, 15) is 4.79 Å². The Morgan fingerprint density at radius 2 is 1.90 bits per heavy atom. The SMILES string of the molecule is CCn1nccc1C(=O)C1(N2CCCCC2)CCCC1. The first kappa shape index (κ1) is 13.8. The Bertz CT molecular complexity index is 468. The van der Waals surface area contributed by atoms with Crippen molar-refractivity contribution < 1.29 is 4.79 Å². The van der Waals surface area contributed by atoms with E-state index in [1.165, 1.54) is 32.1 Å². The molecule has 1 aliphatic carbocycles. The van der Waals surface area contributed by atoms with Gasteiger partial charge in [0.1, 0.15) is 5.69 Å². The monoisotopic (exact) mass is 275 g/mol. The van der Waals surface area contributed by atoms with Crippen LogP contribution >= 0.6 is 0 Å². The molecule has 0 atom stereocenters. The fraction of sp³-hybridized carbons (Fsp3) is 0.750. The number of rotatable bonds is 4. The standard InChI is InChI=1S/C16H25N3O/c1-2-19-14(8-11-17-19)15(20)16(9-4-5-10-16)18-12-6-3-7-13-18/h8,11H,2-7,9-10,12-13H2,1H3. The zero-order valence-electron chi connectivity index (χ0n) is 12.5. The minimum atomic E-state index is -0.229. The molecular formula is C16H25N3O. The molecule has 2 fully saturated rings. The van der Waals surface area contributed by atoms with Crippen LogP contribution in [0, 0.1) is 0 Å². The van der Waals surface area contributed by atoms with Gasteiger partial charge < -0.3 is 0 Å². The maximum Gasteiger partial charge on any atom is 0.201 e. The lowest BCUT2D eigenvalue weighted by atomic mass is 9.86. The number of aromatic nitrogens is 2. The Morgan fingerprint density at radius 1 is 1.20 bits per heavy atom. The number of aryl methyl sites for hydroxylation is 1. The van der Waals surface area contributed by atoms with Crippen molar-refractivity contribution in [3.8, 4) is 0 Å². The summed E-state index contributed by atoms with van der Waals surface area (Å²) in [6, 6.07) is 1.90. The molecule has 1 saturated carbocycles. The number of hydrogen-bond acceptors (Lipinski definition) is 3. The van der Waals surface area contributed by atoms with Crippen molar-refractivity contribution in [3.05, 3.63) is 18.0 Å². The molecule has 3 rings (SSSR count). The number of likely N-dealkylation sites (tertiary alicyclic amines) is 1. The van der Waals surface area contributed by atoms with Crippen molar-refractivity contribution in [1.29, 1.82) is 0 Å². The summed E-state index contributed by atoms with van der Waals surface area (Å²) in [6.07, 6.45) is 9.97. The average Bonchev–Trinajstić information content (AvgIpc) is 3.17. The molecule has 4 nitrogen and oxygen atoms in total. The predicted octanol–water partition coefficient (Wildman–Crippen LogP) is 2.88. The molecule has 110 valence electrons. The van der Waals surface area contributed by atoms with Gasteiger partial charge in [-0.05, 0) is 51.8 Å². The first-order valence-electron chi connectivity index (χ1n) is 8.09. The predicted molar refractivity (Wildman–Crippen MR) is 78.9 cm³/mol. The second-order valence-electron chi connectivity index (χ2n) is 6.15. The third kappa shape index (κ3) is 2.20. The fourth-order valence-corrected chi connectivity index (χ4v) is 3.98. The van der Waals surface area contributed by atoms with Crippen LogP contribution in [0.2, 0.25) is 0 Å². The molecule has 0 amide bonds. The first-order chi connectivity index (χ1) is 9.78. The number of carbonyl (C=O) groups is 1. The molecule has 1 aromatic rings. The lowest BCUT2D eigenvalue weighted by Gasteiger charge is -2.42. The van der Waals surface area contributed by atoms with Gasteiger partial charge in [-0.3, -0.25) is 14.4 Å². The van der Waals surface area contributed by atoms with Crippen molar-refractivity contribution in [1.82, 2.24) is 14.7 Å². The van der Waals surface area contributed by atoms with Crippen molar-refractivity contribution in [2.75, 3.05) is 13.1 Å². The molecule has 2 heterocycles. The van der Waals surface area contributed by atoms with E-state index in [1.807, 2.05) is 17.7 Å². The van der Waals surface area contributed by atoms with Crippen LogP contribution in [0.5, 0.6) is 0 Å². The third-order valence-corrected chi connectivity index (χ3v) is 5.06. The van der Waals surface area contributed by atoms with Gasteiger partial charge in [0.2, 0.25) is 5.78 Å². The average molecular weight is 275 g/mol. The van der Waals surface area contributed by atoms with Crippen LogP contribution in [0.25, 0.3) is 0 Å². The molecule has 1 aliphatic heterocycles. The van der Waals surface area contributed by atoms with E-state index in [0.29, 0.717) is 5.78 Å². The quantitative estimate of drug-likeness (QED) is 0.793. The van der Waals surface area contributed by atoms with Crippen LogP contribution in [-0.2, 0) is 6.54 Å². The topological polar surface area (TPSA) is 38.1 Å². The van der Waals surface area contributed by atoms with E-state index in [-0.39, 0.29) is 5.54 Å². The van der Waals surface area contributed by atoms with E-state index in [0.717, 1.165) is 38.2 Å². The summed E-state index contributed by atoms with van der Waals surface area (Å²) in [5.74, 6) is 0.316. The van der Waals surface area contributed by atoms with E-state index < -0.39 is 0 Å². The minimum Gasteiger partial charge on any atom is -0.291 e. The summed E-state index contributed by atoms with van der Waals surface area (Å²) in [6.45, 7) is 4.99. The lowest BCUT2D eigenvalue weighted by Crippen LogP contribution is -2.55. The summed E-state index contributed by atoms with van der Waals surface area (Å²) in [5, 5.41) is 4.28. The zero-order valence-corrected chi connectivity index (χ0v) is 12.5. The number of carbonyl (C=O) groups excluding carboxylic acids is 1. The first-order valence-corrected chi connectivity index (χ1v) is 8.09. The Labute approximate surface area is 121 Å². The molecule has 0 N–H and O–H groups in total. The smallest absolute Gasteiger partial charge is 0.201 e. The van der Waals surface area contributed by atoms with Crippen LogP contribution in [0.3, 0.4) is 0 Å². The van der Waals surface area contributed by atoms with Gasteiger partial charge in [-0.25, -0.2) is 0 Å². The van der Waals surface area contributed by atoms with Crippen LogP contribution in [0.15, 0.2) is 12.3 Å². The second-order valence-corrected chi connectivity index (χ2v) is 6.15. The van der Waals surface area contributed by atoms with Crippen LogP contribution in [0.1, 0.15) is 62.4 Å². The molecular weight excluding hydrogens is 250 g/mol. The van der Waals surface area contributed by atoms with Crippen LogP contribution < -0.4 is 0 Å². The van der Waals surface area contributed by atoms with Gasteiger partial charge in [0.05, 0.1) is 5.54 Å². The Hall–Kier alpha value is -1.16. The van der Waals surface area contributed by atoms with Gasteiger partial charge in [0.25, 0.3) is 0 Å². The van der Waals surface area contributed by atoms with Gasteiger partial charge in [-0.1, -0.05) is 19.3 Å². The Balaban J connectivity index is 1.91. The molecule has 20 heavy (non-hydrogen) atoms. The van der Waals surface area contributed by atoms with Crippen molar-refractivity contribution in [3.63, 3.8) is 0 Å². The minimum absolute atomic E-state index is 0.229. The summed E-state index contributed by atoms with van der Waals surface area (Å²) < 4.78 is 1.85. The van der Waals surface area contributed by atoms with Crippen LogP contribution in [-0.4, -0.2) is 39.1 Å². The van der Waals surface area contributed by atoms with E-state index in [2.05, 4.69) is 10.00 Å². The molecule has 2 aliphatic rings. The maximum atomic E-state index is 13.2. The molecule has 0 spiro atoms. The highest BCUT2D eigenvalue weighted by Crippen LogP contribution is 2.39. The molecule has 4 heteroatoms. The summed E-state index contributed by atoms with van der Waals surface area (Å²) in [7, 11) is 0. The van der Waals surface area contributed by atoms with E-state index in [4.69, 9.17) is 0 Å². The molecule has 0 unspecified atom stereocenters. The highest BCUT2D eigenvalue weighted by atomic mass is 16.1. The number of hydrogen-bond donors (Lipinski definition) is 0. The zero-order chi connectivity index (χ0) is 14.0. The van der Waals surface area contributed by atoms with E-state index in [1.54, 1.807) is 6.20 Å². The molecule has 1 saturated heterocycles. The third-order valence-electron chi connectivity index (χ3n) is 5.06. The molecule has 0 aromatic carbocycles. The van der Waals surface area contributed by atoms with Gasteiger partial charge in [0.15, 0.2) is 0 Å². The highest BCUT2D eigenvalue weighted by molar-refractivity contribution is 6.02.